The molecule has 0 saturated carbocycles. The van der Waals surface area contributed by atoms with Crippen LogP contribution < -0.4 is 14.4 Å². The van der Waals surface area contributed by atoms with E-state index in [1.807, 2.05) is 37.2 Å². The highest BCUT2D eigenvalue weighted by Crippen LogP contribution is 2.41. The van der Waals surface area contributed by atoms with E-state index in [0.29, 0.717) is 38.2 Å². The number of aromatic nitrogens is 1. The lowest BCUT2D eigenvalue weighted by molar-refractivity contribution is 0.0205. The lowest BCUT2D eigenvalue weighted by atomic mass is 9.74. The summed E-state index contributed by atoms with van der Waals surface area (Å²) in [5.41, 5.74) is 2.08. The number of anilines is 1. The van der Waals surface area contributed by atoms with Crippen LogP contribution in [0.4, 0.5) is 18.9 Å². The number of methoxy groups -OCH3 is 1. The van der Waals surface area contributed by atoms with Crippen LogP contribution >= 0.6 is 0 Å². The van der Waals surface area contributed by atoms with E-state index in [4.69, 9.17) is 9.47 Å². The largest absolute Gasteiger partial charge is 0.497 e. The van der Waals surface area contributed by atoms with Crippen molar-refractivity contribution in [1.82, 2.24) is 9.88 Å². The van der Waals surface area contributed by atoms with Gasteiger partial charge in [0.15, 0.2) is 17.5 Å². The molecule has 1 atom stereocenters. The number of hydrogen-bond acceptors (Lipinski definition) is 7. The second-order valence-corrected chi connectivity index (χ2v) is 10.4. The molecule has 10 heteroatoms. The van der Waals surface area contributed by atoms with Gasteiger partial charge in [0.1, 0.15) is 18.1 Å². The first-order chi connectivity index (χ1) is 18.7. The summed E-state index contributed by atoms with van der Waals surface area (Å²) in [5.74, 6) is -3.45. The molecule has 2 N–H and O–H groups in total. The van der Waals surface area contributed by atoms with E-state index in [1.165, 1.54) is 0 Å². The highest BCUT2D eigenvalue weighted by molar-refractivity contribution is 5.88. The number of aliphatic hydroxyl groups is 2. The lowest BCUT2D eigenvalue weighted by Gasteiger charge is -2.41. The number of piperidine rings is 1. The molecule has 2 heterocycles. The van der Waals surface area contributed by atoms with Gasteiger partial charge in [-0.25, -0.2) is 13.2 Å². The quantitative estimate of drug-likeness (QED) is 0.337. The summed E-state index contributed by atoms with van der Waals surface area (Å²) in [6.07, 6.45) is 3.60. The van der Waals surface area contributed by atoms with Crippen molar-refractivity contribution in [2.45, 2.75) is 31.8 Å². The zero-order valence-corrected chi connectivity index (χ0v) is 22.6. The Hall–Kier alpha value is -3.08. The number of fused-ring (bicyclic) bond motifs is 1. The highest BCUT2D eigenvalue weighted by Gasteiger charge is 2.35. The van der Waals surface area contributed by atoms with Crippen LogP contribution in [0.5, 0.6) is 11.5 Å². The van der Waals surface area contributed by atoms with Gasteiger partial charge in [-0.3, -0.25) is 9.88 Å². The van der Waals surface area contributed by atoms with Gasteiger partial charge < -0.3 is 24.6 Å². The van der Waals surface area contributed by atoms with Gasteiger partial charge in [0.05, 0.1) is 30.6 Å². The molecule has 3 aromatic rings. The van der Waals surface area contributed by atoms with E-state index in [0.717, 1.165) is 47.1 Å². The van der Waals surface area contributed by atoms with Crippen molar-refractivity contribution in [3.05, 3.63) is 59.5 Å². The molecule has 39 heavy (non-hydrogen) atoms. The van der Waals surface area contributed by atoms with Crippen molar-refractivity contribution in [3.63, 3.8) is 0 Å². The molecule has 0 amide bonds. The van der Waals surface area contributed by atoms with Crippen molar-refractivity contribution in [2.75, 3.05) is 59.0 Å². The minimum absolute atomic E-state index is 0.0175. The predicted octanol–water partition coefficient (Wildman–Crippen LogP) is 4.69. The molecular weight excluding hydrogens is 511 g/mol. The summed E-state index contributed by atoms with van der Waals surface area (Å²) in [6.45, 7) is 2.17. The number of hydrogen-bond donors (Lipinski definition) is 2. The fourth-order valence-electron chi connectivity index (χ4n) is 5.25. The molecule has 2 aromatic carbocycles. The maximum Gasteiger partial charge on any atom is 0.194 e. The molecule has 0 aliphatic carbocycles. The van der Waals surface area contributed by atoms with Gasteiger partial charge in [0, 0.05) is 50.3 Å². The van der Waals surface area contributed by atoms with Crippen molar-refractivity contribution >= 4 is 16.6 Å². The third kappa shape index (κ3) is 6.57. The predicted molar refractivity (Wildman–Crippen MR) is 144 cm³/mol. The first kappa shape index (κ1) is 28.9. The van der Waals surface area contributed by atoms with Crippen molar-refractivity contribution < 1.29 is 32.9 Å². The first-order valence-corrected chi connectivity index (χ1v) is 13.1. The molecule has 0 unspecified atom stereocenters. The van der Waals surface area contributed by atoms with Gasteiger partial charge >= 0.3 is 0 Å². The molecule has 1 fully saturated rings. The highest BCUT2D eigenvalue weighted by atomic mass is 19.2. The Balaban J connectivity index is 1.37. The molecule has 7 nitrogen and oxygen atoms in total. The molecular formula is C29H36F3N3O4. The van der Waals surface area contributed by atoms with Crippen molar-refractivity contribution in [2.24, 2.45) is 5.41 Å². The molecule has 0 bridgehead atoms. The second-order valence-electron chi connectivity index (χ2n) is 10.4. The number of pyridine rings is 1. The summed E-state index contributed by atoms with van der Waals surface area (Å²) in [6, 6.07) is 7.28. The maximum atomic E-state index is 13.4. The van der Waals surface area contributed by atoms with Crippen LogP contribution in [0.15, 0.2) is 36.5 Å². The van der Waals surface area contributed by atoms with Crippen LogP contribution in [0, 0.1) is 22.9 Å². The van der Waals surface area contributed by atoms with E-state index in [-0.39, 0.29) is 24.4 Å². The van der Waals surface area contributed by atoms with Crippen LogP contribution in [0.2, 0.25) is 0 Å². The van der Waals surface area contributed by atoms with Crippen molar-refractivity contribution in [1.29, 1.82) is 0 Å². The Morgan fingerprint density at radius 1 is 1.08 bits per heavy atom. The number of benzene rings is 2. The summed E-state index contributed by atoms with van der Waals surface area (Å²) in [4.78, 5) is 8.64. The topological polar surface area (TPSA) is 78.3 Å². The van der Waals surface area contributed by atoms with Crippen LogP contribution in [0.1, 0.15) is 37.4 Å². The molecule has 1 aromatic heterocycles. The van der Waals surface area contributed by atoms with Crippen LogP contribution in [-0.4, -0.2) is 74.2 Å². The number of ether oxygens (including phenoxy) is 2. The molecule has 0 radical (unpaired) electrons. The molecule has 1 aliphatic heterocycles. The van der Waals surface area contributed by atoms with E-state index < -0.39 is 23.6 Å². The fourth-order valence-corrected chi connectivity index (χ4v) is 5.25. The Kier molecular flexibility index (Phi) is 9.19. The first-order valence-electron chi connectivity index (χ1n) is 13.1. The zero-order chi connectivity index (χ0) is 28.2. The van der Waals surface area contributed by atoms with Gasteiger partial charge in [0.2, 0.25) is 0 Å². The van der Waals surface area contributed by atoms with Gasteiger partial charge in [-0.1, -0.05) is 0 Å². The lowest BCUT2D eigenvalue weighted by Crippen LogP contribution is -2.43. The zero-order valence-electron chi connectivity index (χ0n) is 22.6. The summed E-state index contributed by atoms with van der Waals surface area (Å²) < 4.78 is 50.8. The Morgan fingerprint density at radius 3 is 2.38 bits per heavy atom. The minimum Gasteiger partial charge on any atom is -0.497 e. The van der Waals surface area contributed by atoms with Crippen molar-refractivity contribution in [3.8, 4) is 11.5 Å². The SMILES string of the molecule is COc1ccc2ncc(N(C)C)c([C@H](O)CCC3(CO)CCN(CCOc4cc(F)c(F)c(F)c4)CC3)c2c1. The Morgan fingerprint density at radius 2 is 1.77 bits per heavy atom. The number of halogens is 3. The van der Waals surface area contributed by atoms with Crippen LogP contribution in [-0.2, 0) is 0 Å². The van der Waals surface area contributed by atoms with Crippen LogP contribution in [0.25, 0.3) is 10.9 Å². The number of aliphatic hydroxyl groups excluding tert-OH is 2. The standard InChI is InChI=1S/C29H36F3N3O4/c1-34(2)25-17-33-24-5-4-19(38-3)14-21(24)27(25)26(37)6-7-29(18-36)8-10-35(11-9-29)12-13-39-20-15-22(30)28(32)23(31)16-20/h4-5,14-17,26,36-37H,6-13,18H2,1-3H3/t26-/m1/s1. The van der Waals surface area contributed by atoms with Gasteiger partial charge in [-0.15, -0.1) is 0 Å². The number of rotatable bonds is 11. The van der Waals surface area contributed by atoms with E-state index in [1.54, 1.807) is 13.3 Å². The smallest absolute Gasteiger partial charge is 0.194 e. The summed E-state index contributed by atoms with van der Waals surface area (Å²) in [7, 11) is 5.43. The van der Waals surface area contributed by atoms with Gasteiger partial charge in [-0.2, -0.15) is 0 Å². The second kappa shape index (κ2) is 12.4. The van der Waals surface area contributed by atoms with Gasteiger partial charge in [-0.05, 0) is 62.4 Å². The molecule has 1 saturated heterocycles. The van der Waals surface area contributed by atoms with E-state index in [2.05, 4.69) is 9.88 Å². The monoisotopic (exact) mass is 547 g/mol. The molecule has 1 aliphatic rings. The fraction of sp³-hybridized carbons (Fsp3) is 0.483. The number of likely N-dealkylation sites (tertiary alicyclic amines) is 1. The third-order valence-corrected chi connectivity index (χ3v) is 7.74. The minimum atomic E-state index is -1.52. The van der Waals surface area contributed by atoms with Gasteiger partial charge in [0.25, 0.3) is 0 Å². The summed E-state index contributed by atoms with van der Waals surface area (Å²) in [5, 5.41) is 22.6. The Labute approximate surface area is 226 Å². The van der Waals surface area contributed by atoms with Crippen LogP contribution in [0.3, 0.4) is 0 Å². The molecule has 4 rings (SSSR count). The normalized spacial score (nSPS) is 16.3. The van der Waals surface area contributed by atoms with E-state index in [9.17, 15) is 23.4 Å². The average Bonchev–Trinajstić information content (AvgIpc) is 2.94. The average molecular weight is 548 g/mol. The number of nitrogens with zero attached hydrogens (tertiary/aromatic N) is 3. The Bertz CT molecular complexity index is 1260. The molecule has 0 spiro atoms. The maximum absolute atomic E-state index is 13.4. The van der Waals surface area contributed by atoms with E-state index >= 15 is 0 Å². The molecule has 212 valence electrons. The summed E-state index contributed by atoms with van der Waals surface area (Å²) >= 11 is 0. The third-order valence-electron chi connectivity index (χ3n) is 7.74.